The van der Waals surface area contributed by atoms with E-state index in [0.29, 0.717) is 12.2 Å². The molecule has 1 N–H and O–H groups in total. The lowest BCUT2D eigenvalue weighted by molar-refractivity contribution is -0.137. The Kier molecular flexibility index (Phi) is 20.8. The van der Waals surface area contributed by atoms with Crippen molar-refractivity contribution in [1.82, 2.24) is 0 Å². The SMILES string of the molecule is CCCCCCCCCCCCCC(=O)CCCCCCCCCC(=O)O. The second-order valence-electron chi connectivity index (χ2n) is 8.19. The highest BCUT2D eigenvalue weighted by atomic mass is 16.4. The minimum absolute atomic E-state index is 0.299. The van der Waals surface area contributed by atoms with Gasteiger partial charge in [0, 0.05) is 19.3 Å². The van der Waals surface area contributed by atoms with E-state index in [4.69, 9.17) is 5.11 Å². The van der Waals surface area contributed by atoms with E-state index >= 15 is 0 Å². The van der Waals surface area contributed by atoms with Crippen molar-refractivity contribution in [3.8, 4) is 0 Å². The number of hydrogen-bond acceptors (Lipinski definition) is 2. The largest absolute Gasteiger partial charge is 0.481 e. The van der Waals surface area contributed by atoms with Gasteiger partial charge in [-0.1, -0.05) is 103 Å². The van der Waals surface area contributed by atoms with Gasteiger partial charge in [-0.15, -0.1) is 0 Å². The fourth-order valence-electron chi connectivity index (χ4n) is 3.59. The van der Waals surface area contributed by atoms with Crippen LogP contribution < -0.4 is 0 Å². The Balaban J connectivity index is 3.16. The summed E-state index contributed by atoms with van der Waals surface area (Å²) in [4.78, 5) is 22.3. The second kappa shape index (κ2) is 21.4. The highest BCUT2D eigenvalue weighted by Gasteiger charge is 2.02. The lowest BCUT2D eigenvalue weighted by Crippen LogP contribution is -1.97. The van der Waals surface area contributed by atoms with Gasteiger partial charge in [-0.3, -0.25) is 9.59 Å². The Hall–Kier alpha value is -0.860. The first-order chi connectivity index (χ1) is 13.2. The van der Waals surface area contributed by atoms with E-state index in [9.17, 15) is 9.59 Å². The quantitative estimate of drug-likeness (QED) is 0.194. The van der Waals surface area contributed by atoms with Crippen molar-refractivity contribution in [2.45, 2.75) is 142 Å². The Morgan fingerprint density at radius 2 is 0.778 bits per heavy atom. The molecular formula is C24H46O3. The number of unbranched alkanes of at least 4 members (excludes halogenated alkanes) is 16. The highest BCUT2D eigenvalue weighted by Crippen LogP contribution is 2.14. The zero-order chi connectivity index (χ0) is 20.0. The fourth-order valence-corrected chi connectivity index (χ4v) is 3.59. The molecule has 0 unspecified atom stereocenters. The van der Waals surface area contributed by atoms with Crippen molar-refractivity contribution in [1.29, 1.82) is 0 Å². The van der Waals surface area contributed by atoms with Crippen molar-refractivity contribution in [2.75, 3.05) is 0 Å². The van der Waals surface area contributed by atoms with Crippen LogP contribution in [-0.2, 0) is 9.59 Å². The number of carboxylic acids is 1. The predicted octanol–water partition coefficient (Wildman–Crippen LogP) is 7.85. The molecule has 0 fully saturated rings. The monoisotopic (exact) mass is 382 g/mol. The molecule has 0 aliphatic heterocycles. The van der Waals surface area contributed by atoms with Crippen LogP contribution in [0.25, 0.3) is 0 Å². The minimum atomic E-state index is -0.689. The van der Waals surface area contributed by atoms with Gasteiger partial charge in [0.25, 0.3) is 0 Å². The van der Waals surface area contributed by atoms with E-state index in [-0.39, 0.29) is 0 Å². The number of rotatable bonds is 22. The number of carboxylic acid groups (broad SMARTS) is 1. The average Bonchev–Trinajstić information content (AvgIpc) is 2.64. The number of aliphatic carboxylic acids is 1. The topological polar surface area (TPSA) is 54.4 Å². The predicted molar refractivity (Wildman–Crippen MR) is 115 cm³/mol. The smallest absolute Gasteiger partial charge is 0.303 e. The zero-order valence-electron chi connectivity index (χ0n) is 18.1. The summed E-state index contributed by atoms with van der Waals surface area (Å²) in [5.74, 6) is -0.237. The summed E-state index contributed by atoms with van der Waals surface area (Å²) in [6.07, 6.45) is 24.0. The lowest BCUT2D eigenvalue weighted by Gasteiger charge is -2.04. The maximum atomic E-state index is 11.9. The van der Waals surface area contributed by atoms with Gasteiger partial charge in [0.05, 0.1) is 0 Å². The van der Waals surface area contributed by atoms with Gasteiger partial charge < -0.3 is 5.11 Å². The molecule has 0 saturated carbocycles. The van der Waals surface area contributed by atoms with Gasteiger partial charge in [-0.05, 0) is 19.3 Å². The van der Waals surface area contributed by atoms with Crippen LogP contribution in [0.5, 0.6) is 0 Å². The molecule has 0 aliphatic rings. The third kappa shape index (κ3) is 23.1. The van der Waals surface area contributed by atoms with Crippen LogP contribution in [0.1, 0.15) is 142 Å². The van der Waals surface area contributed by atoms with Gasteiger partial charge in [-0.2, -0.15) is 0 Å². The number of hydrogen-bond donors (Lipinski definition) is 1. The normalized spacial score (nSPS) is 11.0. The summed E-state index contributed by atoms with van der Waals surface area (Å²) in [6.45, 7) is 2.26. The van der Waals surface area contributed by atoms with Crippen LogP contribution in [0.2, 0.25) is 0 Å². The number of Topliss-reactive ketones (excluding diaryl/α,β-unsaturated/α-hetero) is 1. The van der Waals surface area contributed by atoms with E-state index in [1.54, 1.807) is 0 Å². The fraction of sp³-hybridized carbons (Fsp3) is 0.917. The van der Waals surface area contributed by atoms with Crippen LogP contribution in [0, 0.1) is 0 Å². The van der Waals surface area contributed by atoms with Gasteiger partial charge in [0.15, 0.2) is 0 Å². The van der Waals surface area contributed by atoms with E-state index < -0.39 is 5.97 Å². The third-order valence-electron chi connectivity index (χ3n) is 5.41. The molecule has 0 aromatic carbocycles. The van der Waals surface area contributed by atoms with Gasteiger partial charge in [0.2, 0.25) is 0 Å². The number of carbonyl (C=O) groups is 2. The van der Waals surface area contributed by atoms with Gasteiger partial charge in [0.1, 0.15) is 5.78 Å². The first kappa shape index (κ1) is 26.1. The zero-order valence-corrected chi connectivity index (χ0v) is 18.1. The minimum Gasteiger partial charge on any atom is -0.481 e. The van der Waals surface area contributed by atoms with Crippen LogP contribution >= 0.6 is 0 Å². The summed E-state index contributed by atoms with van der Waals surface area (Å²) in [7, 11) is 0. The number of carbonyl (C=O) groups excluding carboxylic acids is 1. The first-order valence-electron chi connectivity index (χ1n) is 11.9. The van der Waals surface area contributed by atoms with E-state index in [2.05, 4.69) is 6.92 Å². The molecule has 0 atom stereocenters. The first-order valence-corrected chi connectivity index (χ1v) is 11.9. The van der Waals surface area contributed by atoms with Crippen LogP contribution in [0.4, 0.5) is 0 Å². The van der Waals surface area contributed by atoms with Crippen molar-refractivity contribution in [2.24, 2.45) is 0 Å². The molecular weight excluding hydrogens is 336 g/mol. The molecule has 27 heavy (non-hydrogen) atoms. The molecule has 0 rings (SSSR count). The molecule has 0 amide bonds. The van der Waals surface area contributed by atoms with Crippen LogP contribution in [-0.4, -0.2) is 16.9 Å². The van der Waals surface area contributed by atoms with Crippen LogP contribution in [0.15, 0.2) is 0 Å². The van der Waals surface area contributed by atoms with Crippen LogP contribution in [0.3, 0.4) is 0 Å². The molecule has 0 heterocycles. The molecule has 0 aromatic rings. The maximum Gasteiger partial charge on any atom is 0.303 e. The summed E-state index contributed by atoms with van der Waals surface area (Å²) in [5, 5.41) is 8.57. The molecule has 0 bridgehead atoms. The Bertz CT molecular complexity index is 339. The van der Waals surface area contributed by atoms with E-state index in [0.717, 1.165) is 51.4 Å². The van der Waals surface area contributed by atoms with Gasteiger partial charge in [-0.25, -0.2) is 0 Å². The molecule has 0 saturated heterocycles. The maximum absolute atomic E-state index is 11.9. The molecule has 0 aliphatic carbocycles. The summed E-state index contributed by atoms with van der Waals surface area (Å²) >= 11 is 0. The summed E-state index contributed by atoms with van der Waals surface area (Å²) in [6, 6.07) is 0. The average molecular weight is 383 g/mol. The Morgan fingerprint density at radius 3 is 1.11 bits per heavy atom. The molecule has 0 spiro atoms. The number of ketones is 1. The summed E-state index contributed by atoms with van der Waals surface area (Å²) in [5.41, 5.74) is 0. The standard InChI is InChI=1S/C24H46O3/c1-2-3-4-5-6-7-8-9-11-14-17-20-23(25)21-18-15-12-10-13-16-19-22-24(26)27/h2-22H2,1H3,(H,26,27). The van der Waals surface area contributed by atoms with Crippen molar-refractivity contribution < 1.29 is 14.7 Å². The second-order valence-corrected chi connectivity index (χ2v) is 8.19. The lowest BCUT2D eigenvalue weighted by atomic mass is 10.0. The van der Waals surface area contributed by atoms with E-state index in [1.165, 1.54) is 77.0 Å². The molecule has 0 radical (unpaired) electrons. The Morgan fingerprint density at radius 1 is 0.481 bits per heavy atom. The van der Waals surface area contributed by atoms with E-state index in [1.807, 2.05) is 0 Å². The highest BCUT2D eigenvalue weighted by molar-refractivity contribution is 5.78. The summed E-state index contributed by atoms with van der Waals surface area (Å²) < 4.78 is 0. The Labute approximate surface area is 168 Å². The van der Waals surface area contributed by atoms with Crippen molar-refractivity contribution in [3.05, 3.63) is 0 Å². The van der Waals surface area contributed by atoms with Crippen molar-refractivity contribution in [3.63, 3.8) is 0 Å². The van der Waals surface area contributed by atoms with Gasteiger partial charge >= 0.3 is 5.97 Å². The molecule has 0 aromatic heterocycles. The third-order valence-corrected chi connectivity index (χ3v) is 5.41. The molecule has 3 heteroatoms. The molecule has 160 valence electrons. The van der Waals surface area contributed by atoms with Crippen molar-refractivity contribution >= 4 is 11.8 Å². The molecule has 3 nitrogen and oxygen atoms in total.